The van der Waals surface area contributed by atoms with E-state index < -0.39 is 4.92 Å². The van der Waals surface area contributed by atoms with E-state index in [0.29, 0.717) is 6.54 Å². The Kier molecular flexibility index (Phi) is 7.62. The highest BCUT2D eigenvalue weighted by Gasteiger charge is 2.08. The van der Waals surface area contributed by atoms with Crippen LogP contribution in [0.25, 0.3) is 0 Å². The summed E-state index contributed by atoms with van der Waals surface area (Å²) >= 11 is 3.35. The number of non-ortho nitro benzene ring substituents is 1. The Morgan fingerprint density at radius 1 is 1.26 bits per heavy atom. The van der Waals surface area contributed by atoms with E-state index >= 15 is 0 Å². The lowest BCUT2D eigenvalue weighted by Gasteiger charge is -2.06. The number of nitro groups is 1. The number of rotatable bonds is 9. The van der Waals surface area contributed by atoms with Crippen molar-refractivity contribution in [3.63, 3.8) is 0 Å². The van der Waals surface area contributed by atoms with Crippen LogP contribution in [0.4, 0.5) is 5.69 Å². The summed E-state index contributed by atoms with van der Waals surface area (Å²) < 4.78 is 0.759. The van der Waals surface area contributed by atoms with Crippen LogP contribution in [0.15, 0.2) is 22.7 Å². The number of unbranched alkanes of at least 4 members (excludes halogenated alkanes) is 3. The Morgan fingerprint density at radius 3 is 2.63 bits per heavy atom. The Morgan fingerprint density at radius 2 is 2.00 bits per heavy atom. The lowest BCUT2D eigenvalue weighted by Crippen LogP contribution is -2.15. The van der Waals surface area contributed by atoms with Gasteiger partial charge in [0.05, 0.1) is 4.92 Å². The fourth-order valence-corrected chi connectivity index (χ4v) is 2.24. The fraction of sp³-hybridized carbons (Fsp3) is 0.538. The monoisotopic (exact) mass is 330 g/mol. The Balaban J connectivity index is 2.28. The molecule has 6 heteroatoms. The second kappa shape index (κ2) is 9.01. The van der Waals surface area contributed by atoms with Crippen LogP contribution >= 0.6 is 15.9 Å². The van der Waals surface area contributed by atoms with E-state index in [4.69, 9.17) is 5.11 Å². The molecule has 0 amide bonds. The highest BCUT2D eigenvalue weighted by atomic mass is 79.9. The van der Waals surface area contributed by atoms with Gasteiger partial charge in [-0.05, 0) is 31.0 Å². The van der Waals surface area contributed by atoms with Gasteiger partial charge < -0.3 is 10.4 Å². The zero-order valence-electron chi connectivity index (χ0n) is 10.8. The summed E-state index contributed by atoms with van der Waals surface area (Å²) in [5.74, 6) is 0. The molecule has 0 fully saturated rings. The predicted molar refractivity (Wildman–Crippen MR) is 78.1 cm³/mol. The van der Waals surface area contributed by atoms with Crippen LogP contribution in [0.5, 0.6) is 0 Å². The van der Waals surface area contributed by atoms with Gasteiger partial charge in [0.1, 0.15) is 0 Å². The van der Waals surface area contributed by atoms with Gasteiger partial charge in [0, 0.05) is 29.8 Å². The molecule has 0 heterocycles. The maximum Gasteiger partial charge on any atom is 0.270 e. The quantitative estimate of drug-likeness (QED) is 0.414. The molecule has 0 unspecified atom stereocenters. The average Bonchev–Trinajstić information content (AvgIpc) is 2.39. The number of aliphatic hydroxyl groups is 1. The van der Waals surface area contributed by atoms with E-state index in [0.717, 1.165) is 42.3 Å². The van der Waals surface area contributed by atoms with Gasteiger partial charge in [0.15, 0.2) is 0 Å². The molecule has 0 saturated heterocycles. The van der Waals surface area contributed by atoms with Crippen LogP contribution in [-0.4, -0.2) is 23.2 Å². The van der Waals surface area contributed by atoms with Crippen molar-refractivity contribution in [3.8, 4) is 0 Å². The van der Waals surface area contributed by atoms with Crippen LogP contribution < -0.4 is 5.32 Å². The van der Waals surface area contributed by atoms with Crippen LogP contribution in [0.2, 0.25) is 0 Å². The number of nitro benzene ring substituents is 1. The van der Waals surface area contributed by atoms with Crippen LogP contribution in [-0.2, 0) is 6.54 Å². The molecule has 0 aliphatic heterocycles. The van der Waals surface area contributed by atoms with Crippen LogP contribution in [0.3, 0.4) is 0 Å². The maximum atomic E-state index is 10.6. The van der Waals surface area contributed by atoms with E-state index in [1.807, 2.05) is 0 Å². The van der Waals surface area contributed by atoms with Gasteiger partial charge in [0.2, 0.25) is 0 Å². The van der Waals surface area contributed by atoms with Gasteiger partial charge in [-0.25, -0.2) is 0 Å². The number of halogens is 1. The molecule has 5 nitrogen and oxygen atoms in total. The van der Waals surface area contributed by atoms with Crippen molar-refractivity contribution in [1.29, 1.82) is 0 Å². The number of nitrogens with one attached hydrogen (secondary N) is 1. The third-order valence-corrected chi connectivity index (χ3v) is 3.56. The van der Waals surface area contributed by atoms with Gasteiger partial charge >= 0.3 is 0 Å². The smallest absolute Gasteiger partial charge is 0.270 e. The van der Waals surface area contributed by atoms with Crippen molar-refractivity contribution >= 4 is 21.6 Å². The summed E-state index contributed by atoms with van der Waals surface area (Å²) in [6.45, 7) is 1.87. The summed E-state index contributed by atoms with van der Waals surface area (Å²) in [4.78, 5) is 10.2. The third kappa shape index (κ3) is 6.13. The number of nitrogens with zero attached hydrogens (tertiary/aromatic N) is 1. The molecule has 0 aromatic heterocycles. The Labute approximate surface area is 121 Å². The molecule has 1 aromatic carbocycles. The average molecular weight is 331 g/mol. The van der Waals surface area contributed by atoms with E-state index in [-0.39, 0.29) is 12.3 Å². The molecular formula is C13H19BrN2O3. The first-order valence-electron chi connectivity index (χ1n) is 6.39. The molecule has 0 aliphatic rings. The van der Waals surface area contributed by atoms with Crippen LogP contribution in [0, 0.1) is 10.1 Å². The van der Waals surface area contributed by atoms with Crippen molar-refractivity contribution in [2.75, 3.05) is 13.2 Å². The highest BCUT2D eigenvalue weighted by Crippen LogP contribution is 2.22. The SMILES string of the molecule is O=[N+]([O-])c1ccc(CNCCCCCCO)c(Br)c1. The maximum absolute atomic E-state index is 10.6. The van der Waals surface area contributed by atoms with Crippen molar-refractivity contribution in [1.82, 2.24) is 5.32 Å². The molecule has 0 radical (unpaired) electrons. The van der Waals surface area contributed by atoms with E-state index in [9.17, 15) is 10.1 Å². The fourth-order valence-electron chi connectivity index (χ4n) is 1.73. The number of aliphatic hydroxyl groups excluding tert-OH is 1. The van der Waals surface area contributed by atoms with E-state index in [1.165, 1.54) is 12.1 Å². The lowest BCUT2D eigenvalue weighted by molar-refractivity contribution is -0.384. The second-order valence-electron chi connectivity index (χ2n) is 4.35. The van der Waals surface area contributed by atoms with Crippen molar-refractivity contribution in [2.24, 2.45) is 0 Å². The van der Waals surface area contributed by atoms with Crippen LogP contribution in [0.1, 0.15) is 31.2 Å². The minimum absolute atomic E-state index is 0.0969. The minimum atomic E-state index is -0.400. The van der Waals surface area contributed by atoms with Gasteiger partial charge in [-0.1, -0.05) is 28.8 Å². The van der Waals surface area contributed by atoms with Gasteiger partial charge in [-0.3, -0.25) is 10.1 Å². The van der Waals surface area contributed by atoms with E-state index in [1.54, 1.807) is 6.07 Å². The molecule has 0 saturated carbocycles. The van der Waals surface area contributed by atoms with E-state index in [2.05, 4.69) is 21.2 Å². The number of benzene rings is 1. The van der Waals surface area contributed by atoms with Crippen molar-refractivity contribution in [2.45, 2.75) is 32.2 Å². The topological polar surface area (TPSA) is 75.4 Å². The zero-order chi connectivity index (χ0) is 14.1. The number of hydrogen-bond acceptors (Lipinski definition) is 4. The zero-order valence-corrected chi connectivity index (χ0v) is 12.4. The molecule has 2 N–H and O–H groups in total. The van der Waals surface area contributed by atoms with Gasteiger partial charge in [-0.15, -0.1) is 0 Å². The van der Waals surface area contributed by atoms with Crippen molar-refractivity contribution in [3.05, 3.63) is 38.3 Å². The summed E-state index contributed by atoms with van der Waals surface area (Å²) in [5, 5.41) is 22.5. The summed E-state index contributed by atoms with van der Waals surface area (Å²) in [5.41, 5.74) is 1.11. The molecule has 106 valence electrons. The predicted octanol–water partition coefficient (Wildman–Crippen LogP) is 3.00. The first-order chi connectivity index (χ1) is 9.15. The molecule has 19 heavy (non-hydrogen) atoms. The molecule has 1 rings (SSSR count). The second-order valence-corrected chi connectivity index (χ2v) is 5.20. The number of hydrogen-bond donors (Lipinski definition) is 2. The molecular weight excluding hydrogens is 312 g/mol. The Bertz CT molecular complexity index is 413. The molecule has 0 spiro atoms. The first-order valence-corrected chi connectivity index (χ1v) is 7.19. The van der Waals surface area contributed by atoms with Gasteiger partial charge in [-0.2, -0.15) is 0 Å². The third-order valence-electron chi connectivity index (χ3n) is 2.82. The highest BCUT2D eigenvalue weighted by molar-refractivity contribution is 9.10. The largest absolute Gasteiger partial charge is 0.396 e. The summed E-state index contributed by atoms with van der Waals surface area (Å²) in [7, 11) is 0. The minimum Gasteiger partial charge on any atom is -0.396 e. The molecule has 1 aromatic rings. The van der Waals surface area contributed by atoms with Crippen molar-refractivity contribution < 1.29 is 10.0 Å². The standard InChI is InChI=1S/C13H19BrN2O3/c14-13-9-12(16(18)19)6-5-11(13)10-15-7-3-1-2-4-8-17/h5-6,9,15,17H,1-4,7-8,10H2. The molecule has 0 bridgehead atoms. The summed E-state index contributed by atoms with van der Waals surface area (Å²) in [6.07, 6.45) is 4.10. The first kappa shape index (κ1) is 16.1. The Hall–Kier alpha value is -0.980. The lowest BCUT2D eigenvalue weighted by atomic mass is 10.2. The van der Waals surface area contributed by atoms with Gasteiger partial charge in [0.25, 0.3) is 5.69 Å². The summed E-state index contributed by atoms with van der Waals surface area (Å²) in [6, 6.07) is 4.81. The molecule has 0 aliphatic carbocycles. The molecule has 0 atom stereocenters. The normalized spacial score (nSPS) is 10.6.